The molecule has 0 bridgehead atoms. The number of hydrogen-bond acceptors (Lipinski definition) is 1. The Balaban J connectivity index is 1.91. The lowest BCUT2D eigenvalue weighted by molar-refractivity contribution is 0.255. The quantitative estimate of drug-likeness (QED) is 0.844. The molecule has 0 atom stereocenters. The fourth-order valence-electron chi connectivity index (χ4n) is 1.90. The molecule has 0 saturated carbocycles. The van der Waals surface area contributed by atoms with E-state index in [1.807, 2.05) is 42.5 Å². The first kappa shape index (κ1) is 15.1. The molecule has 0 heterocycles. The van der Waals surface area contributed by atoms with Gasteiger partial charge in [0.15, 0.2) is 0 Å². The van der Waals surface area contributed by atoms with Crippen molar-refractivity contribution >= 4 is 29.4 Å². The van der Waals surface area contributed by atoms with E-state index in [2.05, 4.69) is 17.6 Å². The minimum atomic E-state index is -0.263. The molecule has 4 heteroatoms. The van der Waals surface area contributed by atoms with Gasteiger partial charge >= 0.3 is 6.03 Å². The zero-order valence-corrected chi connectivity index (χ0v) is 12.5. The summed E-state index contributed by atoms with van der Waals surface area (Å²) in [5.41, 5.74) is 2.90. The normalized spacial score (nSPS) is 10.6. The van der Waals surface area contributed by atoms with Crippen molar-refractivity contribution in [2.75, 3.05) is 5.32 Å². The summed E-state index contributed by atoms with van der Waals surface area (Å²) in [6.07, 6.45) is 4.28. The number of halogens is 1. The predicted octanol–water partition coefficient (Wildman–Crippen LogP) is 4.69. The fourth-order valence-corrected chi connectivity index (χ4v) is 2.02. The Kier molecular flexibility index (Phi) is 5.41. The van der Waals surface area contributed by atoms with Crippen molar-refractivity contribution in [3.05, 3.63) is 70.9 Å². The summed E-state index contributed by atoms with van der Waals surface area (Å²) in [5, 5.41) is 6.21. The highest BCUT2D eigenvalue weighted by Crippen LogP contribution is 2.15. The summed E-state index contributed by atoms with van der Waals surface area (Å²) in [5.74, 6) is 0. The smallest absolute Gasteiger partial charge is 0.314 e. The van der Waals surface area contributed by atoms with Gasteiger partial charge in [-0.2, -0.15) is 0 Å². The summed E-state index contributed by atoms with van der Waals surface area (Å²) in [4.78, 5) is 11.8. The van der Waals surface area contributed by atoms with Crippen molar-refractivity contribution in [2.45, 2.75) is 13.3 Å². The van der Waals surface area contributed by atoms with Gasteiger partial charge < -0.3 is 10.6 Å². The molecule has 3 nitrogen and oxygen atoms in total. The van der Waals surface area contributed by atoms with Gasteiger partial charge in [-0.1, -0.05) is 48.9 Å². The Morgan fingerprint density at radius 1 is 1.14 bits per heavy atom. The van der Waals surface area contributed by atoms with Crippen LogP contribution >= 0.6 is 11.6 Å². The number of nitrogens with one attached hydrogen (secondary N) is 2. The molecule has 2 amide bonds. The maximum absolute atomic E-state index is 11.8. The molecule has 0 saturated heterocycles. The van der Waals surface area contributed by atoms with E-state index in [9.17, 15) is 4.79 Å². The molecule has 0 aromatic heterocycles. The number of rotatable bonds is 4. The molecule has 0 fully saturated rings. The highest BCUT2D eigenvalue weighted by Gasteiger charge is 2.02. The third kappa shape index (κ3) is 4.65. The van der Waals surface area contributed by atoms with E-state index < -0.39 is 0 Å². The Morgan fingerprint density at radius 3 is 2.57 bits per heavy atom. The Hall–Kier alpha value is -2.26. The molecule has 0 unspecified atom stereocenters. The van der Waals surface area contributed by atoms with Crippen molar-refractivity contribution in [3.8, 4) is 0 Å². The van der Waals surface area contributed by atoms with E-state index in [1.165, 1.54) is 0 Å². The van der Waals surface area contributed by atoms with Crippen LogP contribution in [0.2, 0.25) is 5.02 Å². The maximum Gasteiger partial charge on any atom is 0.323 e. The minimum absolute atomic E-state index is 0.263. The van der Waals surface area contributed by atoms with Crippen LogP contribution in [-0.4, -0.2) is 6.03 Å². The Morgan fingerprint density at radius 2 is 1.86 bits per heavy atom. The number of benzene rings is 2. The van der Waals surface area contributed by atoms with Gasteiger partial charge in [-0.25, -0.2) is 4.79 Å². The van der Waals surface area contributed by atoms with Gasteiger partial charge in [0.2, 0.25) is 0 Å². The molecule has 0 spiro atoms. The number of carbonyl (C=O) groups is 1. The molecule has 0 aliphatic heterocycles. The third-order valence-electron chi connectivity index (χ3n) is 3.01. The van der Waals surface area contributed by atoms with Crippen molar-refractivity contribution in [1.29, 1.82) is 0 Å². The average molecular weight is 301 g/mol. The SMILES string of the molecule is CCc1ccccc1NC(=O)N/C=C/c1ccc(Cl)cc1. The number of amides is 2. The lowest BCUT2D eigenvalue weighted by Crippen LogP contribution is -2.24. The number of urea groups is 1. The molecular formula is C17H17ClN2O. The van der Waals surface area contributed by atoms with E-state index >= 15 is 0 Å². The zero-order chi connectivity index (χ0) is 15.1. The van der Waals surface area contributed by atoms with E-state index in [-0.39, 0.29) is 6.03 Å². The zero-order valence-electron chi connectivity index (χ0n) is 11.8. The number of carbonyl (C=O) groups excluding carboxylic acids is 1. The monoisotopic (exact) mass is 300 g/mol. The van der Waals surface area contributed by atoms with E-state index in [1.54, 1.807) is 18.3 Å². The molecule has 0 aliphatic rings. The highest BCUT2D eigenvalue weighted by molar-refractivity contribution is 6.30. The summed E-state index contributed by atoms with van der Waals surface area (Å²) < 4.78 is 0. The second kappa shape index (κ2) is 7.50. The predicted molar refractivity (Wildman–Crippen MR) is 88.5 cm³/mol. The van der Waals surface area contributed by atoms with Gasteiger partial charge in [0.1, 0.15) is 0 Å². The second-order valence-corrected chi connectivity index (χ2v) is 4.93. The van der Waals surface area contributed by atoms with Crippen LogP contribution in [0.4, 0.5) is 10.5 Å². The maximum atomic E-state index is 11.8. The minimum Gasteiger partial charge on any atom is -0.314 e. The molecule has 2 aromatic carbocycles. The fraction of sp³-hybridized carbons (Fsp3) is 0.118. The number of para-hydroxylation sites is 1. The standard InChI is InChI=1S/C17H17ClN2O/c1-2-14-5-3-4-6-16(14)20-17(21)19-12-11-13-7-9-15(18)10-8-13/h3-12H,2H2,1H3,(H2,19,20,21)/b12-11+. The van der Waals surface area contributed by atoms with Gasteiger partial charge in [-0.15, -0.1) is 0 Å². The number of aryl methyl sites for hydroxylation is 1. The molecule has 21 heavy (non-hydrogen) atoms. The first-order chi connectivity index (χ1) is 10.2. The second-order valence-electron chi connectivity index (χ2n) is 4.49. The molecule has 2 rings (SSSR count). The van der Waals surface area contributed by atoms with Crippen LogP contribution in [0.1, 0.15) is 18.1 Å². The van der Waals surface area contributed by atoms with Crippen molar-refractivity contribution in [3.63, 3.8) is 0 Å². The average Bonchev–Trinajstić information content (AvgIpc) is 2.50. The third-order valence-corrected chi connectivity index (χ3v) is 3.26. The van der Waals surface area contributed by atoms with E-state index in [0.717, 1.165) is 23.2 Å². The van der Waals surface area contributed by atoms with Crippen LogP contribution in [0, 0.1) is 0 Å². The van der Waals surface area contributed by atoms with Gasteiger partial charge in [0.25, 0.3) is 0 Å². The molecular weight excluding hydrogens is 284 g/mol. The van der Waals surface area contributed by atoms with E-state index in [0.29, 0.717) is 5.02 Å². The van der Waals surface area contributed by atoms with Crippen LogP contribution in [0.15, 0.2) is 54.7 Å². The lowest BCUT2D eigenvalue weighted by Gasteiger charge is -2.08. The van der Waals surface area contributed by atoms with Gasteiger partial charge in [0.05, 0.1) is 0 Å². The molecule has 2 aromatic rings. The van der Waals surface area contributed by atoms with Crippen LogP contribution in [-0.2, 0) is 6.42 Å². The summed E-state index contributed by atoms with van der Waals surface area (Å²) in [6.45, 7) is 2.05. The van der Waals surface area contributed by atoms with Gasteiger partial charge in [-0.05, 0) is 41.8 Å². The van der Waals surface area contributed by atoms with Crippen LogP contribution < -0.4 is 10.6 Å². The summed E-state index contributed by atoms with van der Waals surface area (Å²) >= 11 is 5.81. The first-order valence-electron chi connectivity index (χ1n) is 6.76. The van der Waals surface area contributed by atoms with Crippen molar-refractivity contribution < 1.29 is 4.79 Å². The summed E-state index contributed by atoms with van der Waals surface area (Å²) in [7, 11) is 0. The van der Waals surface area contributed by atoms with Crippen LogP contribution in [0.5, 0.6) is 0 Å². The van der Waals surface area contributed by atoms with Crippen molar-refractivity contribution in [1.82, 2.24) is 5.32 Å². The lowest BCUT2D eigenvalue weighted by atomic mass is 10.1. The summed E-state index contributed by atoms with van der Waals surface area (Å²) in [6, 6.07) is 14.9. The van der Waals surface area contributed by atoms with Crippen LogP contribution in [0.3, 0.4) is 0 Å². The molecule has 0 aliphatic carbocycles. The Bertz CT molecular complexity index is 635. The van der Waals surface area contributed by atoms with E-state index in [4.69, 9.17) is 11.6 Å². The van der Waals surface area contributed by atoms with Gasteiger partial charge in [-0.3, -0.25) is 0 Å². The van der Waals surface area contributed by atoms with Crippen LogP contribution in [0.25, 0.3) is 6.08 Å². The Labute approximate surface area is 129 Å². The molecule has 108 valence electrons. The first-order valence-corrected chi connectivity index (χ1v) is 7.14. The molecule has 2 N–H and O–H groups in total. The van der Waals surface area contributed by atoms with Gasteiger partial charge in [0, 0.05) is 16.9 Å². The van der Waals surface area contributed by atoms with Crippen molar-refractivity contribution in [2.24, 2.45) is 0 Å². The highest BCUT2D eigenvalue weighted by atomic mass is 35.5. The topological polar surface area (TPSA) is 41.1 Å². The number of hydrogen-bond donors (Lipinski definition) is 2. The number of anilines is 1. The largest absolute Gasteiger partial charge is 0.323 e. The molecule has 0 radical (unpaired) electrons.